The van der Waals surface area contributed by atoms with Gasteiger partial charge in [0, 0.05) is 13.1 Å². The number of piperidine rings is 1. The fourth-order valence-corrected chi connectivity index (χ4v) is 2.70. The Balaban J connectivity index is 1.84. The van der Waals surface area contributed by atoms with Gasteiger partial charge in [0.25, 0.3) is 0 Å². The predicted molar refractivity (Wildman–Crippen MR) is 85.0 cm³/mol. The van der Waals surface area contributed by atoms with Crippen molar-refractivity contribution in [1.29, 1.82) is 0 Å². The summed E-state index contributed by atoms with van der Waals surface area (Å²) in [5.41, 5.74) is 6.39. The first-order valence-corrected chi connectivity index (χ1v) is 7.76. The minimum atomic E-state index is -0.459. The molecule has 0 aromatic heterocycles. The molecule has 2 N–H and O–H groups in total. The van der Waals surface area contributed by atoms with Gasteiger partial charge in [0.2, 0.25) is 0 Å². The van der Waals surface area contributed by atoms with Crippen molar-refractivity contribution >= 4 is 11.8 Å². The monoisotopic (exact) mass is 308 g/mol. The van der Waals surface area contributed by atoms with Crippen molar-refractivity contribution in [3.8, 4) is 0 Å². The van der Waals surface area contributed by atoms with Crippen LogP contribution in [0.25, 0.3) is 0 Å². The number of nitrogen functional groups attached to an aromatic ring is 1. The predicted octanol–water partition coefficient (Wildman–Crippen LogP) is 3.60. The average Bonchev–Trinajstić information content (AvgIpc) is 2.42. The maximum atomic E-state index is 13.2. The van der Waals surface area contributed by atoms with Crippen LogP contribution in [0.1, 0.15) is 39.2 Å². The zero-order valence-electron chi connectivity index (χ0n) is 13.6. The summed E-state index contributed by atoms with van der Waals surface area (Å²) in [6.45, 7) is 7.02. The Morgan fingerprint density at radius 2 is 2.00 bits per heavy atom. The van der Waals surface area contributed by atoms with E-state index in [0.29, 0.717) is 19.0 Å². The van der Waals surface area contributed by atoms with Gasteiger partial charge < -0.3 is 15.4 Å². The Bertz CT molecular complexity index is 532. The standard InChI is InChI=1S/C17H25FN2O2/c1-17(2,3)22-16(21)20-8-6-12(7-9-20)10-13-4-5-14(18)15(19)11-13/h4-5,11-12H,6-10,19H2,1-3H3. The van der Waals surface area contributed by atoms with Gasteiger partial charge in [-0.25, -0.2) is 9.18 Å². The van der Waals surface area contributed by atoms with Gasteiger partial charge >= 0.3 is 6.09 Å². The van der Waals surface area contributed by atoms with E-state index in [1.54, 1.807) is 17.0 Å². The quantitative estimate of drug-likeness (QED) is 0.849. The molecule has 1 saturated heterocycles. The maximum Gasteiger partial charge on any atom is 0.410 e. The average molecular weight is 308 g/mol. The van der Waals surface area contributed by atoms with Crippen molar-refractivity contribution in [2.75, 3.05) is 18.8 Å². The smallest absolute Gasteiger partial charge is 0.410 e. The molecule has 1 fully saturated rings. The molecule has 0 saturated carbocycles. The van der Waals surface area contributed by atoms with E-state index in [9.17, 15) is 9.18 Å². The van der Waals surface area contributed by atoms with Crippen LogP contribution in [0.5, 0.6) is 0 Å². The van der Waals surface area contributed by atoms with Crippen LogP contribution < -0.4 is 5.73 Å². The number of carbonyl (C=O) groups excluding carboxylic acids is 1. The van der Waals surface area contributed by atoms with Crippen molar-refractivity contribution in [2.45, 2.75) is 45.6 Å². The summed E-state index contributed by atoms with van der Waals surface area (Å²) in [5, 5.41) is 0. The van der Waals surface area contributed by atoms with Crippen molar-refractivity contribution in [3.05, 3.63) is 29.6 Å². The number of amides is 1. The van der Waals surface area contributed by atoms with Crippen LogP contribution in [-0.2, 0) is 11.2 Å². The minimum absolute atomic E-state index is 0.198. The summed E-state index contributed by atoms with van der Waals surface area (Å²) < 4.78 is 18.6. The topological polar surface area (TPSA) is 55.6 Å². The van der Waals surface area contributed by atoms with E-state index in [1.807, 2.05) is 20.8 Å². The second-order valence-electron chi connectivity index (χ2n) is 6.97. The number of hydrogen-bond acceptors (Lipinski definition) is 3. The molecule has 0 bridgehead atoms. The van der Waals surface area contributed by atoms with E-state index < -0.39 is 5.60 Å². The lowest BCUT2D eigenvalue weighted by Gasteiger charge is -2.33. The van der Waals surface area contributed by atoms with E-state index in [4.69, 9.17) is 10.5 Å². The van der Waals surface area contributed by atoms with Crippen LogP contribution in [0.2, 0.25) is 0 Å². The molecule has 0 spiro atoms. The lowest BCUT2D eigenvalue weighted by molar-refractivity contribution is 0.0184. The van der Waals surface area contributed by atoms with Crippen LogP contribution >= 0.6 is 0 Å². The molecular formula is C17H25FN2O2. The van der Waals surface area contributed by atoms with Gasteiger partial charge in [-0.3, -0.25) is 0 Å². The molecule has 4 nitrogen and oxygen atoms in total. The van der Waals surface area contributed by atoms with Gasteiger partial charge in [-0.15, -0.1) is 0 Å². The first-order chi connectivity index (χ1) is 10.2. The van der Waals surface area contributed by atoms with Gasteiger partial charge in [-0.05, 0) is 63.6 Å². The second-order valence-corrected chi connectivity index (χ2v) is 6.97. The van der Waals surface area contributed by atoms with E-state index in [-0.39, 0.29) is 17.6 Å². The number of carbonyl (C=O) groups is 1. The number of nitrogens with zero attached hydrogens (tertiary/aromatic N) is 1. The summed E-state index contributed by atoms with van der Waals surface area (Å²) in [6, 6.07) is 4.90. The Hall–Kier alpha value is -1.78. The summed E-state index contributed by atoms with van der Waals surface area (Å²) >= 11 is 0. The van der Waals surface area contributed by atoms with Crippen LogP contribution in [0.15, 0.2) is 18.2 Å². The number of rotatable bonds is 2. The number of ether oxygens (including phenoxy) is 1. The number of benzene rings is 1. The van der Waals surface area contributed by atoms with E-state index in [0.717, 1.165) is 24.8 Å². The third-order valence-corrected chi connectivity index (χ3v) is 3.85. The van der Waals surface area contributed by atoms with Gasteiger partial charge in [0.1, 0.15) is 11.4 Å². The molecule has 22 heavy (non-hydrogen) atoms. The fraction of sp³-hybridized carbons (Fsp3) is 0.588. The molecule has 2 rings (SSSR count). The van der Waals surface area contributed by atoms with Gasteiger partial charge in [0.05, 0.1) is 5.69 Å². The molecule has 122 valence electrons. The minimum Gasteiger partial charge on any atom is -0.444 e. The molecular weight excluding hydrogens is 283 g/mol. The third kappa shape index (κ3) is 4.61. The summed E-state index contributed by atoms with van der Waals surface area (Å²) in [4.78, 5) is 13.8. The van der Waals surface area contributed by atoms with Crippen molar-refractivity contribution in [3.63, 3.8) is 0 Å². The Labute approximate surface area is 131 Å². The molecule has 1 aromatic rings. The Morgan fingerprint density at radius 3 is 2.55 bits per heavy atom. The van der Waals surface area contributed by atoms with Crippen LogP contribution in [-0.4, -0.2) is 29.7 Å². The van der Waals surface area contributed by atoms with Crippen LogP contribution in [0.3, 0.4) is 0 Å². The fourth-order valence-electron chi connectivity index (χ4n) is 2.70. The molecule has 0 atom stereocenters. The highest BCUT2D eigenvalue weighted by Crippen LogP contribution is 2.24. The SMILES string of the molecule is CC(C)(C)OC(=O)N1CCC(Cc2ccc(F)c(N)c2)CC1. The largest absolute Gasteiger partial charge is 0.444 e. The van der Waals surface area contributed by atoms with Crippen molar-refractivity contribution < 1.29 is 13.9 Å². The summed E-state index contributed by atoms with van der Waals surface area (Å²) in [5.74, 6) is 0.118. The zero-order chi connectivity index (χ0) is 16.3. The molecule has 5 heteroatoms. The number of nitrogens with two attached hydrogens (primary N) is 1. The van der Waals surface area contributed by atoms with Gasteiger partial charge in [-0.2, -0.15) is 0 Å². The molecule has 0 unspecified atom stereocenters. The number of halogens is 1. The normalized spacial score (nSPS) is 16.6. The summed E-state index contributed by atoms with van der Waals surface area (Å²) in [7, 11) is 0. The highest BCUT2D eigenvalue weighted by atomic mass is 19.1. The lowest BCUT2D eigenvalue weighted by atomic mass is 9.90. The van der Waals surface area contributed by atoms with E-state index >= 15 is 0 Å². The van der Waals surface area contributed by atoms with Crippen LogP contribution in [0.4, 0.5) is 14.9 Å². The molecule has 1 aromatic carbocycles. The Kier molecular flexibility index (Phi) is 4.94. The zero-order valence-corrected chi connectivity index (χ0v) is 13.6. The second kappa shape index (κ2) is 6.55. The molecule has 1 amide bonds. The van der Waals surface area contributed by atoms with E-state index in [2.05, 4.69) is 0 Å². The molecule has 1 heterocycles. The maximum absolute atomic E-state index is 13.2. The van der Waals surface area contributed by atoms with Crippen molar-refractivity contribution in [2.24, 2.45) is 5.92 Å². The van der Waals surface area contributed by atoms with Crippen molar-refractivity contribution in [1.82, 2.24) is 4.90 Å². The lowest BCUT2D eigenvalue weighted by Crippen LogP contribution is -2.42. The van der Waals surface area contributed by atoms with Crippen LogP contribution in [0, 0.1) is 11.7 Å². The van der Waals surface area contributed by atoms with Gasteiger partial charge in [0.15, 0.2) is 0 Å². The highest BCUT2D eigenvalue weighted by Gasteiger charge is 2.26. The molecule has 1 aliphatic heterocycles. The molecule has 0 radical (unpaired) electrons. The number of hydrogen-bond donors (Lipinski definition) is 1. The summed E-state index contributed by atoms with van der Waals surface area (Å²) in [6.07, 6.45) is 2.48. The Morgan fingerprint density at radius 1 is 1.36 bits per heavy atom. The third-order valence-electron chi connectivity index (χ3n) is 3.85. The van der Waals surface area contributed by atoms with E-state index in [1.165, 1.54) is 6.07 Å². The molecule has 0 aliphatic carbocycles. The first-order valence-electron chi connectivity index (χ1n) is 7.76. The highest BCUT2D eigenvalue weighted by molar-refractivity contribution is 5.68. The van der Waals surface area contributed by atoms with Gasteiger partial charge in [-0.1, -0.05) is 6.07 Å². The molecule has 1 aliphatic rings. The number of likely N-dealkylation sites (tertiary alicyclic amines) is 1. The first kappa shape index (κ1) is 16.6. The number of anilines is 1.